The third-order valence-electron chi connectivity index (χ3n) is 3.49. The van der Waals surface area contributed by atoms with Gasteiger partial charge in [-0.1, -0.05) is 26.0 Å². The summed E-state index contributed by atoms with van der Waals surface area (Å²) in [5.74, 6) is -0.205. The van der Waals surface area contributed by atoms with Crippen molar-refractivity contribution in [2.45, 2.75) is 33.2 Å². The van der Waals surface area contributed by atoms with E-state index < -0.39 is 6.36 Å². The van der Waals surface area contributed by atoms with Crippen LogP contribution in [0.4, 0.5) is 13.2 Å². The largest absolute Gasteiger partial charge is 0.573 e. The highest BCUT2D eigenvalue weighted by Gasteiger charge is 2.31. The fourth-order valence-corrected chi connectivity index (χ4v) is 2.08. The predicted molar refractivity (Wildman–Crippen MR) is 77.0 cm³/mol. The lowest BCUT2D eigenvalue weighted by Gasteiger charge is -2.33. The Balaban J connectivity index is 2.73. The number of nitrogens with two attached hydrogens (primary N) is 1. The van der Waals surface area contributed by atoms with Gasteiger partial charge in [0.2, 0.25) is 0 Å². The van der Waals surface area contributed by atoms with Crippen molar-refractivity contribution in [3.8, 4) is 5.75 Å². The summed E-state index contributed by atoms with van der Waals surface area (Å²) in [6.45, 7) is 7.53. The van der Waals surface area contributed by atoms with Crippen molar-refractivity contribution in [1.29, 1.82) is 0 Å². The van der Waals surface area contributed by atoms with Crippen molar-refractivity contribution in [3.05, 3.63) is 29.8 Å². The molecule has 0 heterocycles. The average molecular weight is 304 g/mol. The summed E-state index contributed by atoms with van der Waals surface area (Å²) in [6.07, 6.45) is -4.66. The molecule has 1 aromatic rings. The molecule has 0 radical (unpaired) electrons. The van der Waals surface area contributed by atoms with Crippen LogP contribution in [0.3, 0.4) is 0 Å². The number of alkyl halides is 3. The summed E-state index contributed by atoms with van der Waals surface area (Å²) < 4.78 is 40.2. The van der Waals surface area contributed by atoms with Crippen LogP contribution >= 0.6 is 0 Å². The second-order valence-corrected chi connectivity index (χ2v) is 6.08. The van der Waals surface area contributed by atoms with Crippen LogP contribution in [0.1, 0.15) is 32.4 Å². The first-order chi connectivity index (χ1) is 9.54. The molecule has 1 atom stereocenters. The molecule has 0 spiro atoms. The van der Waals surface area contributed by atoms with Crippen LogP contribution in [0.5, 0.6) is 5.75 Å². The van der Waals surface area contributed by atoms with Crippen molar-refractivity contribution in [3.63, 3.8) is 0 Å². The van der Waals surface area contributed by atoms with Crippen LogP contribution < -0.4 is 10.5 Å². The molecule has 0 aliphatic carbocycles. The van der Waals surface area contributed by atoms with Crippen molar-refractivity contribution in [2.24, 2.45) is 11.1 Å². The zero-order chi connectivity index (χ0) is 16.3. The highest BCUT2D eigenvalue weighted by molar-refractivity contribution is 5.29. The molecular formula is C15H23F3N2O. The zero-order valence-corrected chi connectivity index (χ0v) is 12.9. The fourth-order valence-electron chi connectivity index (χ4n) is 2.08. The van der Waals surface area contributed by atoms with Crippen molar-refractivity contribution in [1.82, 2.24) is 4.90 Å². The zero-order valence-electron chi connectivity index (χ0n) is 12.9. The molecule has 0 fully saturated rings. The molecule has 6 heteroatoms. The number of hydrogen-bond donors (Lipinski definition) is 1. The Hall–Kier alpha value is -1.27. The first-order valence-electron chi connectivity index (χ1n) is 6.80. The molecule has 21 heavy (non-hydrogen) atoms. The van der Waals surface area contributed by atoms with E-state index in [0.29, 0.717) is 6.54 Å². The van der Waals surface area contributed by atoms with Gasteiger partial charge in [0.05, 0.1) is 0 Å². The molecule has 3 nitrogen and oxygen atoms in total. The Labute approximate surface area is 123 Å². The molecule has 0 bridgehead atoms. The van der Waals surface area contributed by atoms with Gasteiger partial charge in [-0.2, -0.15) is 0 Å². The first kappa shape index (κ1) is 17.8. The van der Waals surface area contributed by atoms with Crippen molar-refractivity contribution < 1.29 is 17.9 Å². The molecular weight excluding hydrogens is 281 g/mol. The Bertz CT molecular complexity index is 443. The Morgan fingerprint density at radius 3 is 2.14 bits per heavy atom. The standard InChI is InChI=1S/C15H23F3N2O/c1-11(20(4)10-14(2,3)9-19)12-5-7-13(8-6-12)21-15(16,17)18/h5-8,11H,9-10,19H2,1-4H3. The van der Waals surface area contributed by atoms with Gasteiger partial charge < -0.3 is 10.5 Å². The van der Waals surface area contributed by atoms with E-state index in [9.17, 15) is 13.2 Å². The van der Waals surface area contributed by atoms with Crippen LogP contribution in [-0.4, -0.2) is 31.4 Å². The fraction of sp³-hybridized carbons (Fsp3) is 0.600. The maximum absolute atomic E-state index is 12.1. The molecule has 0 saturated heterocycles. The lowest BCUT2D eigenvalue weighted by atomic mass is 9.92. The maximum atomic E-state index is 12.1. The quantitative estimate of drug-likeness (QED) is 0.873. The number of nitrogens with zero attached hydrogens (tertiary/aromatic N) is 1. The molecule has 0 aliphatic heterocycles. The topological polar surface area (TPSA) is 38.5 Å². The number of ether oxygens (including phenoxy) is 1. The highest BCUT2D eigenvalue weighted by Crippen LogP contribution is 2.27. The van der Waals surface area contributed by atoms with Gasteiger partial charge in [-0.3, -0.25) is 4.90 Å². The summed E-state index contributed by atoms with van der Waals surface area (Å²) in [4.78, 5) is 2.13. The van der Waals surface area contributed by atoms with Gasteiger partial charge in [0.1, 0.15) is 5.75 Å². The van der Waals surface area contributed by atoms with Crippen LogP contribution in [-0.2, 0) is 0 Å². The molecule has 0 aromatic heterocycles. The molecule has 2 N–H and O–H groups in total. The summed E-state index contributed by atoms with van der Waals surface area (Å²) in [5.41, 5.74) is 6.64. The van der Waals surface area contributed by atoms with E-state index in [-0.39, 0.29) is 17.2 Å². The van der Waals surface area contributed by atoms with Crippen molar-refractivity contribution >= 4 is 0 Å². The van der Waals surface area contributed by atoms with Gasteiger partial charge in [0.25, 0.3) is 0 Å². The van der Waals surface area contributed by atoms with Crippen LogP contribution in [0.2, 0.25) is 0 Å². The van der Waals surface area contributed by atoms with Gasteiger partial charge in [0.15, 0.2) is 0 Å². The van der Waals surface area contributed by atoms with Crippen molar-refractivity contribution in [2.75, 3.05) is 20.1 Å². The Morgan fingerprint density at radius 2 is 1.71 bits per heavy atom. The number of hydrogen-bond acceptors (Lipinski definition) is 3. The van der Waals surface area contributed by atoms with Crippen LogP contribution in [0.25, 0.3) is 0 Å². The lowest BCUT2D eigenvalue weighted by molar-refractivity contribution is -0.274. The number of benzene rings is 1. The van der Waals surface area contributed by atoms with E-state index >= 15 is 0 Å². The Kier molecular flexibility index (Phi) is 5.64. The first-order valence-corrected chi connectivity index (χ1v) is 6.80. The molecule has 1 unspecified atom stereocenters. The summed E-state index contributed by atoms with van der Waals surface area (Å²) in [6, 6.07) is 6.05. The predicted octanol–water partition coefficient (Wildman–Crippen LogP) is 3.56. The average Bonchev–Trinajstić information content (AvgIpc) is 2.36. The molecule has 1 rings (SSSR count). The van der Waals surface area contributed by atoms with Gasteiger partial charge in [0, 0.05) is 12.6 Å². The molecule has 0 amide bonds. The second-order valence-electron chi connectivity index (χ2n) is 6.08. The highest BCUT2D eigenvalue weighted by atomic mass is 19.4. The Morgan fingerprint density at radius 1 is 1.19 bits per heavy atom. The van der Waals surface area contributed by atoms with Crippen LogP contribution in [0.15, 0.2) is 24.3 Å². The third-order valence-corrected chi connectivity index (χ3v) is 3.49. The summed E-state index contributed by atoms with van der Waals surface area (Å²) >= 11 is 0. The van der Waals surface area contributed by atoms with E-state index in [4.69, 9.17) is 5.73 Å². The summed E-state index contributed by atoms with van der Waals surface area (Å²) in [7, 11) is 1.97. The van der Waals surface area contributed by atoms with E-state index in [2.05, 4.69) is 23.5 Å². The van der Waals surface area contributed by atoms with E-state index in [1.807, 2.05) is 14.0 Å². The van der Waals surface area contributed by atoms with E-state index in [0.717, 1.165) is 12.1 Å². The minimum Gasteiger partial charge on any atom is -0.406 e. The number of rotatable bonds is 6. The van der Waals surface area contributed by atoms with E-state index in [1.54, 1.807) is 12.1 Å². The molecule has 0 saturated carbocycles. The monoisotopic (exact) mass is 304 g/mol. The van der Waals surface area contributed by atoms with Gasteiger partial charge >= 0.3 is 6.36 Å². The molecule has 120 valence electrons. The van der Waals surface area contributed by atoms with Crippen LogP contribution in [0, 0.1) is 5.41 Å². The van der Waals surface area contributed by atoms with Gasteiger partial charge in [-0.05, 0) is 43.6 Å². The maximum Gasteiger partial charge on any atom is 0.573 e. The summed E-state index contributed by atoms with van der Waals surface area (Å²) in [5, 5.41) is 0. The number of halogens is 3. The van der Waals surface area contributed by atoms with Gasteiger partial charge in [-0.25, -0.2) is 0 Å². The minimum absolute atomic E-state index is 0.0116. The minimum atomic E-state index is -4.66. The lowest BCUT2D eigenvalue weighted by Crippen LogP contribution is -2.37. The van der Waals surface area contributed by atoms with Gasteiger partial charge in [-0.15, -0.1) is 13.2 Å². The smallest absolute Gasteiger partial charge is 0.406 e. The molecule has 0 aliphatic rings. The third kappa shape index (κ3) is 5.93. The normalized spacial score (nSPS) is 14.3. The van der Waals surface area contributed by atoms with E-state index in [1.165, 1.54) is 12.1 Å². The SMILES string of the molecule is CC(c1ccc(OC(F)(F)F)cc1)N(C)CC(C)(C)CN. The molecule has 1 aromatic carbocycles. The second kappa shape index (κ2) is 6.66.